The zero-order valence-corrected chi connectivity index (χ0v) is 10.2. The zero-order chi connectivity index (χ0) is 12.2. The number of hydrogen-bond donors (Lipinski definition) is 1. The van der Waals surface area contributed by atoms with Crippen LogP contribution in [0, 0.1) is 0 Å². The van der Waals surface area contributed by atoms with E-state index in [4.69, 9.17) is 0 Å². The molecule has 16 heavy (non-hydrogen) atoms. The summed E-state index contributed by atoms with van der Waals surface area (Å²) in [7, 11) is 1.30. The molecule has 1 heterocycles. The molecule has 0 bridgehead atoms. The van der Waals surface area contributed by atoms with E-state index >= 15 is 0 Å². The van der Waals surface area contributed by atoms with Gasteiger partial charge in [0.05, 0.1) is 12.7 Å². The molecule has 0 atom stereocenters. The van der Waals surface area contributed by atoms with Gasteiger partial charge in [-0.1, -0.05) is 11.8 Å². The third-order valence-corrected chi connectivity index (χ3v) is 2.96. The van der Waals surface area contributed by atoms with Crippen LogP contribution in [0.1, 0.15) is 13.8 Å². The molecule has 0 aliphatic rings. The fraction of sp³-hybridized carbons (Fsp3) is 0.750. The molecule has 8 heteroatoms. The first-order valence-electron chi connectivity index (χ1n) is 4.60. The zero-order valence-electron chi connectivity index (χ0n) is 9.38. The first-order chi connectivity index (χ1) is 7.42. The molecule has 1 N–H and O–H groups in total. The Kier molecular flexibility index (Phi) is 4.25. The number of ether oxygens (including phenoxy) is 1. The van der Waals surface area contributed by atoms with Crippen LogP contribution in [0.25, 0.3) is 0 Å². The van der Waals surface area contributed by atoms with Gasteiger partial charge in [-0.3, -0.25) is 4.79 Å². The van der Waals surface area contributed by atoms with E-state index < -0.39 is 11.6 Å². The van der Waals surface area contributed by atoms with Crippen LogP contribution < -0.4 is 0 Å². The van der Waals surface area contributed by atoms with Crippen LogP contribution in [0.4, 0.5) is 0 Å². The van der Waals surface area contributed by atoms with Gasteiger partial charge in [-0.25, -0.2) is 4.68 Å². The number of nitrogens with zero attached hydrogens (tertiary/aromatic N) is 4. The largest absolute Gasteiger partial charge is 0.468 e. The third-order valence-electron chi connectivity index (χ3n) is 1.56. The van der Waals surface area contributed by atoms with Gasteiger partial charge in [-0.05, 0) is 24.3 Å². The van der Waals surface area contributed by atoms with Crippen LogP contribution >= 0.6 is 11.8 Å². The van der Waals surface area contributed by atoms with Crippen molar-refractivity contribution in [3.05, 3.63) is 0 Å². The number of tetrazole rings is 1. The van der Waals surface area contributed by atoms with E-state index in [0.29, 0.717) is 10.9 Å². The van der Waals surface area contributed by atoms with Gasteiger partial charge < -0.3 is 9.84 Å². The summed E-state index contributed by atoms with van der Waals surface area (Å²) in [6.07, 6.45) is 0. The number of carbonyl (C=O) groups is 1. The van der Waals surface area contributed by atoms with Crippen molar-refractivity contribution in [1.82, 2.24) is 20.2 Å². The van der Waals surface area contributed by atoms with Crippen molar-refractivity contribution >= 4 is 17.7 Å². The van der Waals surface area contributed by atoms with Gasteiger partial charge in [0.2, 0.25) is 5.16 Å². The molecule has 7 nitrogen and oxygen atoms in total. The summed E-state index contributed by atoms with van der Waals surface area (Å²) in [5.41, 5.74) is -0.813. The quantitative estimate of drug-likeness (QED) is 0.564. The van der Waals surface area contributed by atoms with Crippen molar-refractivity contribution in [2.75, 3.05) is 12.9 Å². The number of esters is 1. The van der Waals surface area contributed by atoms with Crippen LogP contribution in [0.2, 0.25) is 0 Å². The number of methoxy groups -OCH3 is 1. The van der Waals surface area contributed by atoms with E-state index in [1.165, 1.54) is 23.6 Å². The summed E-state index contributed by atoms with van der Waals surface area (Å²) >= 11 is 1.28. The number of aliphatic hydroxyl groups is 1. The lowest BCUT2D eigenvalue weighted by atomic mass is 10.2. The second-order valence-electron chi connectivity index (χ2n) is 3.80. The van der Waals surface area contributed by atoms with Gasteiger partial charge in [0, 0.05) is 5.75 Å². The molecule has 0 aliphatic heterocycles. The molecule has 0 spiro atoms. The normalized spacial score (nSPS) is 11.5. The molecule has 90 valence electrons. The highest BCUT2D eigenvalue weighted by molar-refractivity contribution is 7.99. The van der Waals surface area contributed by atoms with Crippen LogP contribution in [-0.2, 0) is 16.1 Å². The van der Waals surface area contributed by atoms with Gasteiger partial charge in [-0.15, -0.1) is 5.10 Å². The van der Waals surface area contributed by atoms with E-state index in [9.17, 15) is 9.90 Å². The third kappa shape index (κ3) is 4.15. The summed E-state index contributed by atoms with van der Waals surface area (Å²) in [6, 6.07) is 0. The molecule has 0 aliphatic carbocycles. The molecular weight excluding hydrogens is 232 g/mol. The summed E-state index contributed by atoms with van der Waals surface area (Å²) in [5.74, 6) is 0.0200. The lowest BCUT2D eigenvalue weighted by Crippen LogP contribution is -2.22. The van der Waals surface area contributed by atoms with Crippen molar-refractivity contribution in [3.8, 4) is 0 Å². The maximum Gasteiger partial charge on any atom is 0.327 e. The van der Waals surface area contributed by atoms with Crippen molar-refractivity contribution < 1.29 is 14.6 Å². The molecule has 0 saturated carbocycles. The van der Waals surface area contributed by atoms with Crippen LogP contribution in [0.15, 0.2) is 5.16 Å². The second kappa shape index (κ2) is 5.26. The Balaban J connectivity index is 2.60. The molecule has 1 aromatic rings. The maximum atomic E-state index is 11.0. The minimum Gasteiger partial charge on any atom is -0.468 e. The Bertz CT molecular complexity index is 360. The smallest absolute Gasteiger partial charge is 0.327 e. The number of hydrogen-bond acceptors (Lipinski definition) is 7. The van der Waals surface area contributed by atoms with Crippen LogP contribution in [0.3, 0.4) is 0 Å². The van der Waals surface area contributed by atoms with E-state index in [0.717, 1.165) is 0 Å². The first kappa shape index (κ1) is 12.9. The summed E-state index contributed by atoms with van der Waals surface area (Å²) in [5, 5.41) is 20.9. The predicted octanol–water partition coefficient (Wildman–Crippen LogP) is -0.291. The van der Waals surface area contributed by atoms with Crippen molar-refractivity contribution in [2.24, 2.45) is 0 Å². The highest BCUT2D eigenvalue weighted by Crippen LogP contribution is 2.19. The molecular formula is C8H14N4O3S. The molecule has 0 amide bonds. The van der Waals surface area contributed by atoms with Gasteiger partial charge in [0.15, 0.2) is 0 Å². The average Bonchev–Trinajstić information content (AvgIpc) is 2.61. The van der Waals surface area contributed by atoms with Gasteiger partial charge in [0.25, 0.3) is 0 Å². The lowest BCUT2D eigenvalue weighted by molar-refractivity contribution is -0.141. The van der Waals surface area contributed by atoms with E-state index in [1.807, 2.05) is 0 Å². The highest BCUT2D eigenvalue weighted by Gasteiger charge is 2.17. The predicted molar refractivity (Wildman–Crippen MR) is 56.9 cm³/mol. The molecule has 0 unspecified atom stereocenters. The Hall–Kier alpha value is -1.15. The van der Waals surface area contributed by atoms with Gasteiger partial charge >= 0.3 is 5.97 Å². The van der Waals surface area contributed by atoms with E-state index in [2.05, 4.69) is 20.3 Å². The minimum atomic E-state index is -0.813. The van der Waals surface area contributed by atoms with Gasteiger partial charge in [-0.2, -0.15) is 0 Å². The van der Waals surface area contributed by atoms with Crippen LogP contribution in [0.5, 0.6) is 0 Å². The Labute approximate surface area is 97.2 Å². The van der Waals surface area contributed by atoms with Crippen molar-refractivity contribution in [2.45, 2.75) is 31.1 Å². The van der Waals surface area contributed by atoms with E-state index in [1.54, 1.807) is 13.8 Å². The number of aromatic nitrogens is 4. The van der Waals surface area contributed by atoms with Gasteiger partial charge in [0.1, 0.15) is 6.54 Å². The topological polar surface area (TPSA) is 90.1 Å². The highest BCUT2D eigenvalue weighted by atomic mass is 32.2. The SMILES string of the molecule is COC(=O)Cn1nnnc1SCC(C)(C)O. The fourth-order valence-corrected chi connectivity index (χ4v) is 1.65. The van der Waals surface area contributed by atoms with Crippen LogP contribution in [-0.4, -0.2) is 49.7 Å². The summed E-state index contributed by atoms with van der Waals surface area (Å²) in [4.78, 5) is 11.0. The standard InChI is InChI=1S/C8H14N4O3S/c1-8(2,14)5-16-7-9-10-11-12(7)4-6(13)15-3/h14H,4-5H2,1-3H3. The Morgan fingerprint density at radius 3 is 2.88 bits per heavy atom. The molecule has 0 radical (unpaired) electrons. The monoisotopic (exact) mass is 246 g/mol. The Morgan fingerprint density at radius 2 is 2.31 bits per heavy atom. The molecule has 1 aromatic heterocycles. The number of carbonyl (C=O) groups excluding carboxylic acids is 1. The van der Waals surface area contributed by atoms with Crippen molar-refractivity contribution in [1.29, 1.82) is 0 Å². The summed E-state index contributed by atoms with van der Waals surface area (Å²) < 4.78 is 5.85. The molecule has 0 fully saturated rings. The lowest BCUT2D eigenvalue weighted by Gasteiger charge is -2.15. The molecule has 0 aromatic carbocycles. The number of rotatable bonds is 5. The van der Waals surface area contributed by atoms with Crippen molar-refractivity contribution in [3.63, 3.8) is 0 Å². The summed E-state index contributed by atoms with van der Waals surface area (Å²) in [6.45, 7) is 3.35. The fourth-order valence-electron chi connectivity index (χ4n) is 0.827. The second-order valence-corrected chi connectivity index (χ2v) is 4.74. The molecule has 1 rings (SSSR count). The first-order valence-corrected chi connectivity index (χ1v) is 5.59. The van der Waals surface area contributed by atoms with E-state index in [-0.39, 0.29) is 6.54 Å². The maximum absolute atomic E-state index is 11.0. The average molecular weight is 246 g/mol. The minimum absolute atomic E-state index is 0.0301. The molecule has 0 saturated heterocycles. The Morgan fingerprint density at radius 1 is 1.62 bits per heavy atom. The number of thioether (sulfide) groups is 1.